The predicted molar refractivity (Wildman–Crippen MR) is 60.4 cm³/mol. The molecule has 1 aromatic rings. The van der Waals surface area contributed by atoms with Gasteiger partial charge < -0.3 is 0 Å². The van der Waals surface area contributed by atoms with Crippen LogP contribution in [0.15, 0.2) is 18.2 Å². The van der Waals surface area contributed by atoms with E-state index in [1.165, 1.54) is 6.42 Å². The molecule has 1 aliphatic carbocycles. The third-order valence-corrected chi connectivity index (χ3v) is 4.08. The van der Waals surface area contributed by atoms with Gasteiger partial charge in [-0.1, -0.05) is 40.0 Å². The second-order valence-electron chi connectivity index (χ2n) is 4.08. The maximum Gasteiger partial charge on any atom is 0.126 e. The monoisotopic (exact) mass is 256 g/mol. The molecule has 76 valence electrons. The number of alkyl halides is 1. The molecule has 0 radical (unpaired) electrons. The van der Waals surface area contributed by atoms with Crippen LogP contribution in [-0.2, 0) is 0 Å². The molecule has 2 rings (SSSR count). The van der Waals surface area contributed by atoms with Gasteiger partial charge in [0.1, 0.15) is 5.82 Å². The average Bonchev–Trinajstić information content (AvgIpc) is 2.56. The SMILES string of the molecule is Cc1ccc(F)c(C2CCCC2Br)c1. The highest BCUT2D eigenvalue weighted by atomic mass is 79.9. The van der Waals surface area contributed by atoms with Crippen LogP contribution >= 0.6 is 15.9 Å². The highest BCUT2D eigenvalue weighted by Gasteiger charge is 2.28. The molecule has 14 heavy (non-hydrogen) atoms. The van der Waals surface area contributed by atoms with Crippen LogP contribution in [-0.4, -0.2) is 4.83 Å². The average molecular weight is 257 g/mol. The van der Waals surface area contributed by atoms with Crippen LogP contribution in [0.3, 0.4) is 0 Å². The van der Waals surface area contributed by atoms with E-state index in [4.69, 9.17) is 0 Å². The summed E-state index contributed by atoms with van der Waals surface area (Å²) in [6.07, 6.45) is 3.47. The Hall–Kier alpha value is -0.370. The summed E-state index contributed by atoms with van der Waals surface area (Å²) in [6.45, 7) is 2.02. The van der Waals surface area contributed by atoms with Gasteiger partial charge in [-0.15, -0.1) is 0 Å². The van der Waals surface area contributed by atoms with E-state index in [0.717, 1.165) is 24.0 Å². The van der Waals surface area contributed by atoms with Crippen LogP contribution < -0.4 is 0 Å². The van der Waals surface area contributed by atoms with Crippen molar-refractivity contribution in [2.45, 2.75) is 36.9 Å². The minimum Gasteiger partial charge on any atom is -0.207 e. The number of aryl methyl sites for hydroxylation is 1. The van der Waals surface area contributed by atoms with Crippen molar-refractivity contribution in [1.29, 1.82) is 0 Å². The molecular weight excluding hydrogens is 243 g/mol. The lowest BCUT2D eigenvalue weighted by Crippen LogP contribution is -2.06. The van der Waals surface area contributed by atoms with Crippen LogP contribution in [0.5, 0.6) is 0 Å². The summed E-state index contributed by atoms with van der Waals surface area (Å²) in [5, 5.41) is 0. The molecule has 0 bridgehead atoms. The summed E-state index contributed by atoms with van der Waals surface area (Å²) in [4.78, 5) is 0.457. The van der Waals surface area contributed by atoms with Gasteiger partial charge in [-0.25, -0.2) is 4.39 Å². The first-order chi connectivity index (χ1) is 6.68. The fourth-order valence-electron chi connectivity index (χ4n) is 2.21. The first-order valence-electron chi connectivity index (χ1n) is 5.08. The molecule has 0 nitrogen and oxygen atoms in total. The lowest BCUT2D eigenvalue weighted by molar-refractivity contribution is 0.584. The largest absolute Gasteiger partial charge is 0.207 e. The molecule has 2 unspecified atom stereocenters. The Balaban J connectivity index is 2.34. The Labute approximate surface area is 92.6 Å². The summed E-state index contributed by atoms with van der Waals surface area (Å²) < 4.78 is 13.6. The summed E-state index contributed by atoms with van der Waals surface area (Å²) in [6, 6.07) is 5.40. The number of halogens is 2. The zero-order chi connectivity index (χ0) is 10.1. The second kappa shape index (κ2) is 4.01. The third kappa shape index (κ3) is 1.85. The Morgan fingerprint density at radius 3 is 2.79 bits per heavy atom. The van der Waals surface area contributed by atoms with Gasteiger partial charge in [0.15, 0.2) is 0 Å². The second-order valence-corrected chi connectivity index (χ2v) is 5.25. The Morgan fingerprint density at radius 2 is 2.14 bits per heavy atom. The van der Waals surface area contributed by atoms with Gasteiger partial charge in [0, 0.05) is 4.83 Å². The molecule has 2 heteroatoms. The topological polar surface area (TPSA) is 0 Å². The Kier molecular flexibility index (Phi) is 2.91. The molecule has 0 amide bonds. The van der Waals surface area contributed by atoms with E-state index in [1.54, 1.807) is 6.07 Å². The van der Waals surface area contributed by atoms with E-state index in [9.17, 15) is 4.39 Å². The van der Waals surface area contributed by atoms with Gasteiger partial charge in [0.05, 0.1) is 0 Å². The molecule has 0 saturated heterocycles. The molecular formula is C12H14BrF. The van der Waals surface area contributed by atoms with Crippen molar-refractivity contribution in [1.82, 2.24) is 0 Å². The standard InChI is InChI=1S/C12H14BrF/c1-8-5-6-12(14)10(7-8)9-3-2-4-11(9)13/h5-7,9,11H,2-4H2,1H3. The molecule has 1 saturated carbocycles. The van der Waals surface area contributed by atoms with Gasteiger partial charge in [0.2, 0.25) is 0 Å². The molecule has 1 aromatic carbocycles. The van der Waals surface area contributed by atoms with Crippen molar-refractivity contribution >= 4 is 15.9 Å². The van der Waals surface area contributed by atoms with E-state index in [1.807, 2.05) is 19.1 Å². The molecule has 0 aliphatic heterocycles. The number of hydrogen-bond acceptors (Lipinski definition) is 0. The van der Waals surface area contributed by atoms with Crippen molar-refractivity contribution in [2.24, 2.45) is 0 Å². The lowest BCUT2D eigenvalue weighted by Gasteiger charge is -2.15. The molecule has 1 fully saturated rings. The van der Waals surface area contributed by atoms with Crippen molar-refractivity contribution < 1.29 is 4.39 Å². The van der Waals surface area contributed by atoms with Crippen LogP contribution in [0.25, 0.3) is 0 Å². The molecule has 2 atom stereocenters. The highest BCUT2D eigenvalue weighted by molar-refractivity contribution is 9.09. The van der Waals surface area contributed by atoms with E-state index in [-0.39, 0.29) is 5.82 Å². The number of benzene rings is 1. The van der Waals surface area contributed by atoms with Gasteiger partial charge in [0.25, 0.3) is 0 Å². The first kappa shape index (κ1) is 10.2. The van der Waals surface area contributed by atoms with Crippen molar-refractivity contribution in [3.63, 3.8) is 0 Å². The fourth-order valence-corrected chi connectivity index (χ4v) is 3.09. The third-order valence-electron chi connectivity index (χ3n) is 2.98. The molecule has 0 heterocycles. The van der Waals surface area contributed by atoms with Crippen molar-refractivity contribution in [3.05, 3.63) is 35.1 Å². The summed E-state index contributed by atoms with van der Waals surface area (Å²) in [5.74, 6) is 0.321. The van der Waals surface area contributed by atoms with Crippen LogP contribution in [0.1, 0.15) is 36.3 Å². The van der Waals surface area contributed by atoms with E-state index < -0.39 is 0 Å². The van der Waals surface area contributed by atoms with E-state index in [0.29, 0.717) is 10.7 Å². The zero-order valence-electron chi connectivity index (χ0n) is 8.26. The number of rotatable bonds is 1. The molecule has 0 aromatic heterocycles. The van der Waals surface area contributed by atoms with Crippen LogP contribution in [0, 0.1) is 12.7 Å². The first-order valence-corrected chi connectivity index (χ1v) is 6.00. The van der Waals surface area contributed by atoms with Crippen molar-refractivity contribution in [3.8, 4) is 0 Å². The van der Waals surface area contributed by atoms with Crippen LogP contribution in [0.4, 0.5) is 4.39 Å². The van der Waals surface area contributed by atoms with Gasteiger partial charge in [-0.05, 0) is 37.3 Å². The molecule has 1 aliphatic rings. The molecule has 0 N–H and O–H groups in total. The summed E-state index contributed by atoms with van der Waals surface area (Å²) >= 11 is 3.63. The Morgan fingerprint density at radius 1 is 1.36 bits per heavy atom. The quantitative estimate of drug-likeness (QED) is 0.662. The maximum absolute atomic E-state index is 13.6. The van der Waals surface area contributed by atoms with Gasteiger partial charge in [-0.3, -0.25) is 0 Å². The summed E-state index contributed by atoms with van der Waals surface area (Å²) in [5.41, 5.74) is 2.04. The predicted octanol–water partition coefficient (Wildman–Crippen LogP) is 4.17. The van der Waals surface area contributed by atoms with Gasteiger partial charge in [-0.2, -0.15) is 0 Å². The van der Waals surface area contributed by atoms with Gasteiger partial charge >= 0.3 is 0 Å². The molecule has 0 spiro atoms. The minimum absolute atomic E-state index is 0.0491. The van der Waals surface area contributed by atoms with E-state index >= 15 is 0 Å². The minimum atomic E-state index is -0.0491. The fraction of sp³-hybridized carbons (Fsp3) is 0.500. The smallest absolute Gasteiger partial charge is 0.126 e. The normalized spacial score (nSPS) is 26.8. The number of hydrogen-bond donors (Lipinski definition) is 0. The highest BCUT2D eigenvalue weighted by Crippen LogP contribution is 2.40. The van der Waals surface area contributed by atoms with E-state index in [2.05, 4.69) is 15.9 Å². The maximum atomic E-state index is 13.6. The summed E-state index contributed by atoms with van der Waals surface area (Å²) in [7, 11) is 0. The van der Waals surface area contributed by atoms with Crippen molar-refractivity contribution in [2.75, 3.05) is 0 Å². The zero-order valence-corrected chi connectivity index (χ0v) is 9.85. The Bertz CT molecular complexity index is 335. The van der Waals surface area contributed by atoms with Crippen LogP contribution in [0.2, 0.25) is 0 Å². The lowest BCUT2D eigenvalue weighted by atomic mass is 9.95.